The van der Waals surface area contributed by atoms with Gasteiger partial charge in [0.15, 0.2) is 0 Å². The van der Waals surface area contributed by atoms with Gasteiger partial charge in [0, 0.05) is 11.6 Å². The summed E-state index contributed by atoms with van der Waals surface area (Å²) < 4.78 is 38.8. The third-order valence-electron chi connectivity index (χ3n) is 4.65. The summed E-state index contributed by atoms with van der Waals surface area (Å²) in [6.45, 7) is 4.88. The maximum absolute atomic E-state index is 13.4. The number of rotatable bonds is 10. The number of amides is 1. The van der Waals surface area contributed by atoms with Crippen LogP contribution in [0.3, 0.4) is 0 Å². The molecule has 3 aromatic rings. The minimum Gasteiger partial charge on any atom is -0.494 e. The lowest BCUT2D eigenvalue weighted by Gasteiger charge is -2.21. The molecule has 7 heteroatoms. The Bertz CT molecular complexity index is 1190. The zero-order valence-electron chi connectivity index (χ0n) is 18.7. The Morgan fingerprint density at radius 2 is 1.55 bits per heavy atom. The summed E-state index contributed by atoms with van der Waals surface area (Å²) in [5, 5.41) is 0. The van der Waals surface area contributed by atoms with Gasteiger partial charge >= 0.3 is 0 Å². The standard InChI is InChI=1S/C26H27NO5S/c1-3-20-32-25-13-9-8-10-21(25)14-19-26(28)27(22-15-17-23(18-16-22)31-4-2)33(29,30)24-11-6-5-7-12-24/h5-19H,3-4,20H2,1-2H3/b19-14+. The highest BCUT2D eigenvalue weighted by Crippen LogP contribution is 2.27. The number of hydrogen-bond acceptors (Lipinski definition) is 5. The first-order valence-corrected chi connectivity index (χ1v) is 12.2. The number of hydrogen-bond donors (Lipinski definition) is 0. The van der Waals surface area contributed by atoms with Crippen LogP contribution in [0.2, 0.25) is 0 Å². The third kappa shape index (κ3) is 6.02. The monoisotopic (exact) mass is 465 g/mol. The highest BCUT2D eigenvalue weighted by Gasteiger charge is 2.29. The molecular weight excluding hydrogens is 438 g/mol. The molecule has 6 nitrogen and oxygen atoms in total. The quantitative estimate of drug-likeness (QED) is 0.380. The van der Waals surface area contributed by atoms with Crippen LogP contribution in [-0.4, -0.2) is 27.5 Å². The summed E-state index contributed by atoms with van der Waals surface area (Å²) in [5.74, 6) is 0.513. The average molecular weight is 466 g/mol. The normalized spacial score (nSPS) is 11.3. The zero-order chi connectivity index (χ0) is 23.7. The molecule has 3 aromatic carbocycles. The van der Waals surface area contributed by atoms with Crippen LogP contribution in [0, 0.1) is 0 Å². The summed E-state index contributed by atoms with van der Waals surface area (Å²) in [6.07, 6.45) is 3.65. The van der Waals surface area contributed by atoms with Crippen molar-refractivity contribution in [1.29, 1.82) is 0 Å². The number of benzene rings is 3. The lowest BCUT2D eigenvalue weighted by Crippen LogP contribution is -2.35. The maximum Gasteiger partial charge on any atom is 0.271 e. The molecule has 3 rings (SSSR count). The number of carbonyl (C=O) groups excluding carboxylic acids is 1. The van der Waals surface area contributed by atoms with E-state index in [1.54, 1.807) is 48.5 Å². The molecule has 0 aliphatic carbocycles. The van der Waals surface area contributed by atoms with Gasteiger partial charge in [-0.05, 0) is 61.9 Å². The van der Waals surface area contributed by atoms with Crippen molar-refractivity contribution >= 4 is 27.7 Å². The number of anilines is 1. The molecule has 0 N–H and O–H groups in total. The number of carbonyl (C=O) groups is 1. The van der Waals surface area contributed by atoms with Crippen LogP contribution in [0.4, 0.5) is 5.69 Å². The van der Waals surface area contributed by atoms with Gasteiger partial charge < -0.3 is 9.47 Å². The lowest BCUT2D eigenvalue weighted by molar-refractivity contribution is -0.113. The molecule has 0 heterocycles. The van der Waals surface area contributed by atoms with Crippen molar-refractivity contribution < 1.29 is 22.7 Å². The van der Waals surface area contributed by atoms with Crippen molar-refractivity contribution in [2.75, 3.05) is 17.5 Å². The molecule has 0 aromatic heterocycles. The van der Waals surface area contributed by atoms with Crippen molar-refractivity contribution in [3.63, 3.8) is 0 Å². The maximum atomic E-state index is 13.4. The molecule has 0 radical (unpaired) electrons. The summed E-state index contributed by atoms with van der Waals surface area (Å²) in [7, 11) is -4.15. The smallest absolute Gasteiger partial charge is 0.271 e. The van der Waals surface area contributed by atoms with Crippen molar-refractivity contribution in [3.05, 3.63) is 90.5 Å². The van der Waals surface area contributed by atoms with Gasteiger partial charge in [-0.3, -0.25) is 4.79 Å². The molecule has 172 valence electrons. The van der Waals surface area contributed by atoms with E-state index in [9.17, 15) is 13.2 Å². The fraction of sp³-hybridized carbons (Fsp3) is 0.192. The number of para-hydroxylation sites is 1. The molecule has 1 amide bonds. The Balaban J connectivity index is 1.99. The molecule has 0 atom stereocenters. The van der Waals surface area contributed by atoms with Gasteiger partial charge in [-0.15, -0.1) is 0 Å². The molecule has 0 spiro atoms. The third-order valence-corrected chi connectivity index (χ3v) is 6.39. The van der Waals surface area contributed by atoms with E-state index in [1.807, 2.05) is 38.1 Å². The summed E-state index contributed by atoms with van der Waals surface area (Å²) in [6, 6.07) is 21.5. The summed E-state index contributed by atoms with van der Waals surface area (Å²) >= 11 is 0. The molecule has 33 heavy (non-hydrogen) atoms. The van der Waals surface area contributed by atoms with Gasteiger partial charge in [0.1, 0.15) is 11.5 Å². The highest BCUT2D eigenvalue weighted by atomic mass is 32.2. The first-order valence-electron chi connectivity index (χ1n) is 10.7. The van der Waals surface area contributed by atoms with Crippen LogP contribution < -0.4 is 13.8 Å². The van der Waals surface area contributed by atoms with Crippen LogP contribution in [0.25, 0.3) is 6.08 Å². The fourth-order valence-electron chi connectivity index (χ4n) is 3.12. The average Bonchev–Trinajstić information content (AvgIpc) is 2.84. The molecule has 0 fully saturated rings. The molecule has 0 saturated heterocycles. The van der Waals surface area contributed by atoms with Crippen LogP contribution in [-0.2, 0) is 14.8 Å². The van der Waals surface area contributed by atoms with E-state index < -0.39 is 15.9 Å². The van der Waals surface area contributed by atoms with E-state index in [4.69, 9.17) is 9.47 Å². The predicted octanol–water partition coefficient (Wildman–Crippen LogP) is 5.31. The molecule has 0 aliphatic heterocycles. The zero-order valence-corrected chi connectivity index (χ0v) is 19.5. The summed E-state index contributed by atoms with van der Waals surface area (Å²) in [4.78, 5) is 13.3. The van der Waals surface area contributed by atoms with E-state index in [1.165, 1.54) is 18.2 Å². The highest BCUT2D eigenvalue weighted by molar-refractivity contribution is 7.93. The van der Waals surface area contributed by atoms with Crippen molar-refractivity contribution in [2.24, 2.45) is 0 Å². The van der Waals surface area contributed by atoms with Crippen molar-refractivity contribution in [3.8, 4) is 11.5 Å². The van der Waals surface area contributed by atoms with Gasteiger partial charge in [-0.1, -0.05) is 43.3 Å². The predicted molar refractivity (Wildman–Crippen MR) is 130 cm³/mol. The van der Waals surface area contributed by atoms with E-state index in [0.29, 0.717) is 30.3 Å². The van der Waals surface area contributed by atoms with Crippen molar-refractivity contribution in [1.82, 2.24) is 0 Å². The second kappa shape index (κ2) is 11.3. The van der Waals surface area contributed by atoms with E-state index in [0.717, 1.165) is 10.7 Å². The molecule has 0 aliphatic rings. The number of nitrogens with zero attached hydrogens (tertiary/aromatic N) is 1. The van der Waals surface area contributed by atoms with Gasteiger partial charge in [-0.25, -0.2) is 8.42 Å². The Hall–Kier alpha value is -3.58. The van der Waals surface area contributed by atoms with Crippen LogP contribution in [0.15, 0.2) is 89.8 Å². The van der Waals surface area contributed by atoms with Crippen molar-refractivity contribution in [2.45, 2.75) is 25.2 Å². The van der Waals surface area contributed by atoms with Gasteiger partial charge in [0.05, 0.1) is 23.8 Å². The Morgan fingerprint density at radius 1 is 0.879 bits per heavy atom. The van der Waals surface area contributed by atoms with E-state index in [-0.39, 0.29) is 10.6 Å². The SMILES string of the molecule is CCCOc1ccccc1/C=C/C(=O)N(c1ccc(OCC)cc1)S(=O)(=O)c1ccccc1. The van der Waals surface area contributed by atoms with Gasteiger partial charge in [0.2, 0.25) is 0 Å². The first-order chi connectivity index (χ1) is 16.0. The second-order valence-electron chi connectivity index (χ2n) is 7.07. The van der Waals surface area contributed by atoms with Gasteiger partial charge in [0.25, 0.3) is 15.9 Å². The Labute approximate surface area is 195 Å². The number of sulfonamides is 1. The van der Waals surface area contributed by atoms with Crippen LogP contribution >= 0.6 is 0 Å². The molecule has 0 unspecified atom stereocenters. The van der Waals surface area contributed by atoms with Gasteiger partial charge in [-0.2, -0.15) is 4.31 Å². The topological polar surface area (TPSA) is 72.9 Å². The van der Waals surface area contributed by atoms with Crippen LogP contribution in [0.1, 0.15) is 25.8 Å². The van der Waals surface area contributed by atoms with E-state index >= 15 is 0 Å². The van der Waals surface area contributed by atoms with E-state index in [2.05, 4.69) is 0 Å². The largest absolute Gasteiger partial charge is 0.494 e. The second-order valence-corrected chi connectivity index (χ2v) is 8.85. The minimum absolute atomic E-state index is 0.0207. The summed E-state index contributed by atoms with van der Waals surface area (Å²) in [5.41, 5.74) is 0.899. The minimum atomic E-state index is -4.15. The van der Waals surface area contributed by atoms with Crippen LogP contribution in [0.5, 0.6) is 11.5 Å². The first kappa shape index (κ1) is 24.1. The number of ether oxygens (including phenoxy) is 2. The molecule has 0 saturated carbocycles. The fourth-order valence-corrected chi connectivity index (χ4v) is 4.53. The Morgan fingerprint density at radius 3 is 2.21 bits per heavy atom. The Kier molecular flexibility index (Phi) is 8.27. The molecular formula is C26H27NO5S. The lowest BCUT2D eigenvalue weighted by atomic mass is 10.2. The molecule has 0 bridgehead atoms.